The summed E-state index contributed by atoms with van der Waals surface area (Å²) in [6, 6.07) is 5.58. The van der Waals surface area contributed by atoms with Crippen LogP contribution in [0.4, 0.5) is 0 Å². The summed E-state index contributed by atoms with van der Waals surface area (Å²) in [4.78, 5) is 12.4. The summed E-state index contributed by atoms with van der Waals surface area (Å²) >= 11 is 0. The summed E-state index contributed by atoms with van der Waals surface area (Å²) < 4.78 is 10.6. The largest absolute Gasteiger partial charge is 0.493 e. The van der Waals surface area contributed by atoms with Crippen LogP contribution in [0.2, 0.25) is 0 Å². The third kappa shape index (κ3) is 3.00. The van der Waals surface area contributed by atoms with Gasteiger partial charge in [0.25, 0.3) is 5.91 Å². The number of methoxy groups -OCH3 is 2. The molecule has 0 radical (unpaired) electrons. The first-order valence-corrected chi connectivity index (χ1v) is 7.49. The van der Waals surface area contributed by atoms with Gasteiger partial charge in [-0.05, 0) is 6.07 Å². The van der Waals surface area contributed by atoms with Crippen LogP contribution in [0.3, 0.4) is 0 Å². The average Bonchev–Trinajstić information content (AvgIpc) is 3.03. The number of nitrogens with one attached hydrogen (secondary N) is 3. The fraction of sp³-hybridized carbons (Fsp3) is 0.375. The van der Waals surface area contributed by atoms with Crippen molar-refractivity contribution < 1.29 is 14.3 Å². The fourth-order valence-corrected chi connectivity index (χ4v) is 2.77. The molecule has 3 N–H and O–H groups in total. The Morgan fingerprint density at radius 1 is 1.35 bits per heavy atom. The molecule has 0 bridgehead atoms. The first-order chi connectivity index (χ1) is 11.2. The Labute approximate surface area is 134 Å². The van der Waals surface area contributed by atoms with Crippen molar-refractivity contribution in [2.75, 3.05) is 20.8 Å². The molecule has 1 aliphatic heterocycles. The topological polar surface area (TPSA) is 88.3 Å². The van der Waals surface area contributed by atoms with Gasteiger partial charge in [0.2, 0.25) is 0 Å². The SMILES string of the molecule is COc1cccc(CNC(=O)c2n[nH]c3c2CNCC3)c1OC. The average molecular weight is 316 g/mol. The van der Waals surface area contributed by atoms with Crippen molar-refractivity contribution >= 4 is 5.91 Å². The van der Waals surface area contributed by atoms with Crippen LogP contribution in [0.15, 0.2) is 18.2 Å². The number of amides is 1. The first-order valence-electron chi connectivity index (χ1n) is 7.49. The normalized spacial score (nSPS) is 13.3. The van der Waals surface area contributed by atoms with Crippen molar-refractivity contribution in [3.05, 3.63) is 40.7 Å². The molecule has 122 valence electrons. The lowest BCUT2D eigenvalue weighted by Gasteiger charge is -2.14. The zero-order chi connectivity index (χ0) is 16.2. The molecular formula is C16H20N4O3. The maximum Gasteiger partial charge on any atom is 0.272 e. The second kappa shape index (κ2) is 6.70. The van der Waals surface area contributed by atoms with E-state index in [4.69, 9.17) is 9.47 Å². The van der Waals surface area contributed by atoms with E-state index >= 15 is 0 Å². The molecule has 0 saturated heterocycles. The van der Waals surface area contributed by atoms with Crippen LogP contribution in [-0.4, -0.2) is 36.9 Å². The van der Waals surface area contributed by atoms with Crippen molar-refractivity contribution in [3.8, 4) is 11.5 Å². The van der Waals surface area contributed by atoms with E-state index < -0.39 is 0 Å². The highest BCUT2D eigenvalue weighted by Gasteiger charge is 2.21. The van der Waals surface area contributed by atoms with Crippen molar-refractivity contribution in [2.45, 2.75) is 19.5 Å². The predicted molar refractivity (Wildman–Crippen MR) is 84.7 cm³/mol. The molecule has 0 saturated carbocycles. The number of ether oxygens (including phenoxy) is 2. The molecule has 1 aromatic heterocycles. The lowest BCUT2D eigenvalue weighted by atomic mass is 10.1. The summed E-state index contributed by atoms with van der Waals surface area (Å²) in [6.45, 7) is 1.91. The Bertz CT molecular complexity index is 711. The van der Waals surface area contributed by atoms with Crippen molar-refractivity contribution in [1.82, 2.24) is 20.8 Å². The zero-order valence-corrected chi connectivity index (χ0v) is 13.2. The highest BCUT2D eigenvalue weighted by Crippen LogP contribution is 2.30. The monoisotopic (exact) mass is 316 g/mol. The highest BCUT2D eigenvalue weighted by atomic mass is 16.5. The van der Waals surface area contributed by atoms with Crippen LogP contribution in [0, 0.1) is 0 Å². The number of aromatic nitrogens is 2. The van der Waals surface area contributed by atoms with Crippen LogP contribution in [0.25, 0.3) is 0 Å². The number of hydrogen-bond acceptors (Lipinski definition) is 5. The van der Waals surface area contributed by atoms with E-state index in [0.717, 1.165) is 29.8 Å². The van der Waals surface area contributed by atoms with E-state index in [2.05, 4.69) is 20.8 Å². The molecule has 7 heteroatoms. The number of rotatable bonds is 5. The molecule has 2 heterocycles. The number of benzene rings is 1. The molecule has 0 fully saturated rings. The summed E-state index contributed by atoms with van der Waals surface area (Å²) in [6.07, 6.45) is 0.860. The van der Waals surface area contributed by atoms with Gasteiger partial charge in [0, 0.05) is 42.9 Å². The fourth-order valence-electron chi connectivity index (χ4n) is 2.77. The van der Waals surface area contributed by atoms with Crippen molar-refractivity contribution in [1.29, 1.82) is 0 Å². The molecule has 0 atom stereocenters. The third-order valence-corrected chi connectivity index (χ3v) is 3.95. The lowest BCUT2D eigenvalue weighted by Crippen LogP contribution is -2.28. The van der Waals surface area contributed by atoms with Crippen LogP contribution >= 0.6 is 0 Å². The van der Waals surface area contributed by atoms with Gasteiger partial charge in [-0.15, -0.1) is 0 Å². The van der Waals surface area contributed by atoms with Gasteiger partial charge in [-0.3, -0.25) is 9.89 Å². The van der Waals surface area contributed by atoms with Gasteiger partial charge in [-0.2, -0.15) is 5.10 Å². The van der Waals surface area contributed by atoms with Gasteiger partial charge in [0.05, 0.1) is 14.2 Å². The molecule has 0 spiro atoms. The summed E-state index contributed by atoms with van der Waals surface area (Å²) in [7, 11) is 3.17. The first kappa shape index (κ1) is 15.4. The second-order valence-electron chi connectivity index (χ2n) is 5.29. The molecule has 1 aliphatic rings. The van der Waals surface area contributed by atoms with Gasteiger partial charge < -0.3 is 20.1 Å². The van der Waals surface area contributed by atoms with Crippen LogP contribution in [-0.2, 0) is 19.5 Å². The van der Waals surface area contributed by atoms with E-state index in [0.29, 0.717) is 30.3 Å². The lowest BCUT2D eigenvalue weighted by molar-refractivity contribution is 0.0944. The Kier molecular flexibility index (Phi) is 4.47. The van der Waals surface area contributed by atoms with Crippen molar-refractivity contribution in [2.24, 2.45) is 0 Å². The Hall–Kier alpha value is -2.54. The van der Waals surface area contributed by atoms with Gasteiger partial charge in [0.1, 0.15) is 0 Å². The van der Waals surface area contributed by atoms with Crippen LogP contribution < -0.4 is 20.1 Å². The highest BCUT2D eigenvalue weighted by molar-refractivity contribution is 5.94. The zero-order valence-electron chi connectivity index (χ0n) is 13.2. The number of carbonyl (C=O) groups excluding carboxylic acids is 1. The molecule has 3 rings (SSSR count). The van der Waals surface area contributed by atoms with Gasteiger partial charge in [-0.1, -0.05) is 12.1 Å². The Morgan fingerprint density at radius 2 is 2.22 bits per heavy atom. The van der Waals surface area contributed by atoms with Gasteiger partial charge in [-0.25, -0.2) is 0 Å². The Morgan fingerprint density at radius 3 is 3.00 bits per heavy atom. The number of carbonyl (C=O) groups is 1. The van der Waals surface area contributed by atoms with Crippen LogP contribution in [0.1, 0.15) is 27.3 Å². The number of nitrogens with zero attached hydrogens (tertiary/aromatic N) is 1. The standard InChI is InChI=1S/C16H20N4O3/c1-22-13-5-3-4-10(15(13)23-2)8-18-16(21)14-11-9-17-7-6-12(11)19-20-14/h3-5,17H,6-9H2,1-2H3,(H,18,21)(H,19,20). The molecule has 1 aromatic carbocycles. The predicted octanol–water partition coefficient (Wildman–Crippen LogP) is 1.00. The molecule has 23 heavy (non-hydrogen) atoms. The minimum Gasteiger partial charge on any atom is -0.493 e. The van der Waals surface area contributed by atoms with Gasteiger partial charge in [0.15, 0.2) is 17.2 Å². The minimum atomic E-state index is -0.198. The summed E-state index contributed by atoms with van der Waals surface area (Å²) in [5.74, 6) is 1.07. The smallest absolute Gasteiger partial charge is 0.272 e. The molecule has 2 aromatic rings. The maximum atomic E-state index is 12.4. The third-order valence-electron chi connectivity index (χ3n) is 3.95. The summed E-state index contributed by atoms with van der Waals surface area (Å²) in [5.41, 5.74) is 3.29. The molecule has 1 amide bonds. The van der Waals surface area contributed by atoms with Crippen molar-refractivity contribution in [3.63, 3.8) is 0 Å². The molecule has 0 aliphatic carbocycles. The molecule has 0 unspecified atom stereocenters. The quantitative estimate of drug-likeness (QED) is 0.766. The number of hydrogen-bond donors (Lipinski definition) is 3. The van der Waals surface area contributed by atoms with E-state index in [1.54, 1.807) is 14.2 Å². The molecular weight excluding hydrogens is 296 g/mol. The van der Waals surface area contributed by atoms with E-state index in [-0.39, 0.29) is 5.91 Å². The van der Waals surface area contributed by atoms with E-state index in [9.17, 15) is 4.79 Å². The number of fused-ring (bicyclic) bond motifs is 1. The minimum absolute atomic E-state index is 0.198. The number of para-hydroxylation sites is 1. The van der Waals surface area contributed by atoms with E-state index in [1.807, 2.05) is 18.2 Å². The van der Waals surface area contributed by atoms with Gasteiger partial charge >= 0.3 is 0 Å². The van der Waals surface area contributed by atoms with Crippen LogP contribution in [0.5, 0.6) is 11.5 Å². The number of aromatic amines is 1. The Balaban J connectivity index is 1.74. The number of H-pyrrole nitrogens is 1. The molecule has 7 nitrogen and oxygen atoms in total. The summed E-state index contributed by atoms with van der Waals surface area (Å²) in [5, 5.41) is 13.2. The maximum absolute atomic E-state index is 12.4. The van der Waals surface area contributed by atoms with E-state index in [1.165, 1.54) is 0 Å². The second-order valence-corrected chi connectivity index (χ2v) is 5.29.